The Morgan fingerprint density at radius 1 is 1.46 bits per heavy atom. The van der Waals surface area contributed by atoms with E-state index in [4.69, 9.17) is 4.74 Å². The van der Waals surface area contributed by atoms with Crippen molar-refractivity contribution in [1.82, 2.24) is 15.5 Å². The van der Waals surface area contributed by atoms with Gasteiger partial charge >= 0.3 is 0 Å². The summed E-state index contributed by atoms with van der Waals surface area (Å²) in [7, 11) is 0. The molecule has 0 aromatic carbocycles. The molecule has 1 unspecified atom stereocenters. The first-order valence-corrected chi connectivity index (χ1v) is 9.97. The molecule has 8 heteroatoms. The van der Waals surface area contributed by atoms with E-state index in [0.717, 1.165) is 39.0 Å². The van der Waals surface area contributed by atoms with Crippen LogP contribution in [0, 0.1) is 0 Å². The number of guanidine groups is 1. The Kier molecular flexibility index (Phi) is 8.15. The third-order valence-corrected chi connectivity index (χ3v) is 5.83. The van der Waals surface area contributed by atoms with Crippen LogP contribution in [0.15, 0.2) is 16.4 Å². The topological polar surface area (TPSA) is 66.0 Å². The molecule has 1 amide bonds. The second-order valence-corrected chi connectivity index (χ2v) is 7.89. The number of nitrogens with one attached hydrogen (secondary N) is 2. The van der Waals surface area contributed by atoms with Gasteiger partial charge in [-0.15, -0.1) is 35.3 Å². The zero-order valence-corrected chi connectivity index (χ0v) is 18.7. The molecule has 3 heterocycles. The number of ether oxygens (including phenoxy) is 1. The number of fused-ring (bicyclic) bond motifs is 1. The largest absolute Gasteiger partial charge is 0.373 e. The molecule has 1 aromatic heterocycles. The fourth-order valence-corrected chi connectivity index (χ4v) is 4.19. The van der Waals surface area contributed by atoms with Gasteiger partial charge in [-0.05, 0) is 50.1 Å². The number of hydrogen-bond donors (Lipinski definition) is 2. The van der Waals surface area contributed by atoms with Gasteiger partial charge in [-0.1, -0.05) is 0 Å². The predicted molar refractivity (Wildman–Crippen MR) is 116 cm³/mol. The molecule has 1 aromatic rings. The van der Waals surface area contributed by atoms with Gasteiger partial charge in [-0.3, -0.25) is 4.79 Å². The summed E-state index contributed by atoms with van der Waals surface area (Å²) in [6.07, 6.45) is 3.11. The van der Waals surface area contributed by atoms with Crippen LogP contribution in [0.3, 0.4) is 0 Å². The van der Waals surface area contributed by atoms with Crippen LogP contribution in [-0.2, 0) is 22.5 Å². The Morgan fingerprint density at radius 2 is 2.31 bits per heavy atom. The maximum atomic E-state index is 12.5. The molecule has 1 saturated heterocycles. The number of amides is 1. The number of aliphatic imine (C=N–C) groups is 1. The summed E-state index contributed by atoms with van der Waals surface area (Å²) in [5, 5.41) is 8.63. The lowest BCUT2D eigenvalue weighted by molar-refractivity contribution is -0.130. The van der Waals surface area contributed by atoms with Gasteiger partial charge in [0.15, 0.2) is 5.96 Å². The summed E-state index contributed by atoms with van der Waals surface area (Å²) < 4.78 is 5.80. The summed E-state index contributed by atoms with van der Waals surface area (Å²) in [5.74, 6) is 0.762. The number of nitrogens with zero attached hydrogens (tertiary/aromatic N) is 2. The zero-order chi connectivity index (χ0) is 17.7. The van der Waals surface area contributed by atoms with Crippen molar-refractivity contribution in [2.45, 2.75) is 45.3 Å². The summed E-state index contributed by atoms with van der Waals surface area (Å²) in [4.78, 5) is 20.3. The van der Waals surface area contributed by atoms with Crippen LogP contribution < -0.4 is 10.6 Å². The van der Waals surface area contributed by atoms with Crippen molar-refractivity contribution in [2.24, 2.45) is 4.99 Å². The van der Waals surface area contributed by atoms with E-state index in [0.29, 0.717) is 19.0 Å². The Balaban J connectivity index is 0.00000243. The molecule has 26 heavy (non-hydrogen) atoms. The lowest BCUT2D eigenvalue weighted by Crippen LogP contribution is -2.46. The highest BCUT2D eigenvalue weighted by molar-refractivity contribution is 14.0. The van der Waals surface area contributed by atoms with E-state index >= 15 is 0 Å². The monoisotopic (exact) mass is 492 g/mol. The molecular formula is C18H29IN4O2S. The summed E-state index contributed by atoms with van der Waals surface area (Å²) in [6.45, 7) is 8.11. The first-order chi connectivity index (χ1) is 12.1. The molecule has 0 aliphatic carbocycles. The predicted octanol–water partition coefficient (Wildman–Crippen LogP) is 2.38. The van der Waals surface area contributed by atoms with Gasteiger partial charge in [0, 0.05) is 37.7 Å². The first kappa shape index (κ1) is 21.4. The van der Waals surface area contributed by atoms with Gasteiger partial charge in [-0.2, -0.15) is 0 Å². The van der Waals surface area contributed by atoms with Gasteiger partial charge in [0.2, 0.25) is 5.91 Å². The van der Waals surface area contributed by atoms with Crippen molar-refractivity contribution in [3.05, 3.63) is 21.9 Å². The van der Waals surface area contributed by atoms with Crippen LogP contribution in [0.25, 0.3) is 0 Å². The van der Waals surface area contributed by atoms with Crippen LogP contribution >= 0.6 is 35.3 Å². The Hall–Kier alpha value is -0.870. The van der Waals surface area contributed by atoms with Crippen LogP contribution in [-0.4, -0.2) is 55.2 Å². The third-order valence-electron chi connectivity index (χ3n) is 4.81. The van der Waals surface area contributed by atoms with Crippen molar-refractivity contribution in [1.29, 1.82) is 0 Å². The highest BCUT2D eigenvalue weighted by atomic mass is 127. The van der Waals surface area contributed by atoms with Crippen LogP contribution in [0.1, 0.15) is 37.1 Å². The van der Waals surface area contributed by atoms with E-state index in [1.807, 2.05) is 11.8 Å². The van der Waals surface area contributed by atoms with Gasteiger partial charge in [0.25, 0.3) is 0 Å². The normalized spacial score (nSPS) is 22.5. The van der Waals surface area contributed by atoms with E-state index < -0.39 is 0 Å². The molecule has 0 radical (unpaired) electrons. The second-order valence-electron chi connectivity index (χ2n) is 6.88. The molecule has 146 valence electrons. The van der Waals surface area contributed by atoms with Crippen molar-refractivity contribution >= 4 is 47.2 Å². The number of thiophene rings is 1. The quantitative estimate of drug-likeness (QED) is 0.377. The molecule has 1 atom stereocenters. The molecule has 0 spiro atoms. The van der Waals surface area contributed by atoms with Crippen molar-refractivity contribution < 1.29 is 9.53 Å². The van der Waals surface area contributed by atoms with Gasteiger partial charge < -0.3 is 20.3 Å². The molecule has 0 saturated carbocycles. The zero-order valence-electron chi connectivity index (χ0n) is 15.5. The maximum Gasteiger partial charge on any atom is 0.244 e. The molecular weight excluding hydrogens is 463 g/mol. The van der Waals surface area contributed by atoms with E-state index in [1.54, 1.807) is 11.3 Å². The lowest BCUT2D eigenvalue weighted by atomic mass is 10.0. The number of rotatable bonds is 5. The minimum Gasteiger partial charge on any atom is -0.373 e. The average molecular weight is 492 g/mol. The highest BCUT2D eigenvalue weighted by Gasteiger charge is 2.29. The van der Waals surface area contributed by atoms with E-state index in [1.165, 1.54) is 10.4 Å². The third kappa shape index (κ3) is 5.56. The number of carbonyl (C=O) groups is 1. The van der Waals surface area contributed by atoms with E-state index in [2.05, 4.69) is 34.0 Å². The Bertz CT molecular complexity index is 628. The fourth-order valence-electron chi connectivity index (χ4n) is 3.30. The summed E-state index contributed by atoms with van der Waals surface area (Å²) >= 11 is 1.78. The molecule has 6 nitrogen and oxygen atoms in total. The van der Waals surface area contributed by atoms with Crippen LogP contribution in [0.5, 0.6) is 0 Å². The number of halogens is 1. The van der Waals surface area contributed by atoms with Crippen LogP contribution in [0.2, 0.25) is 0 Å². The van der Waals surface area contributed by atoms with Crippen LogP contribution in [0.4, 0.5) is 0 Å². The SMILES string of the molecule is CCNC(=NCC(=O)N1CCc2sccc2C1)NCC1(C)CCCO1.I. The summed E-state index contributed by atoms with van der Waals surface area (Å²) in [6, 6.07) is 2.12. The molecule has 0 bridgehead atoms. The first-order valence-electron chi connectivity index (χ1n) is 9.09. The smallest absolute Gasteiger partial charge is 0.244 e. The Labute approximate surface area is 176 Å². The second kappa shape index (κ2) is 9.89. The van der Waals surface area contributed by atoms with Gasteiger partial charge in [0.05, 0.1) is 5.60 Å². The van der Waals surface area contributed by atoms with Gasteiger partial charge in [0.1, 0.15) is 6.54 Å². The standard InChI is InChI=1S/C18H28N4O2S.HI/c1-3-19-17(21-13-18(2)7-4-9-24-18)20-11-16(23)22-8-5-15-14(12-22)6-10-25-15;/h6,10H,3-5,7-9,11-13H2,1-2H3,(H2,19,20,21);1H. The maximum absolute atomic E-state index is 12.5. The molecule has 3 rings (SSSR count). The minimum atomic E-state index is -0.136. The van der Waals surface area contributed by atoms with Crippen molar-refractivity contribution in [2.75, 3.05) is 32.8 Å². The minimum absolute atomic E-state index is 0. The van der Waals surface area contributed by atoms with E-state index in [9.17, 15) is 4.79 Å². The lowest BCUT2D eigenvalue weighted by Gasteiger charge is -2.27. The fraction of sp³-hybridized carbons (Fsp3) is 0.667. The molecule has 2 N–H and O–H groups in total. The summed E-state index contributed by atoms with van der Waals surface area (Å²) in [5.41, 5.74) is 1.15. The molecule has 2 aliphatic rings. The number of hydrogen-bond acceptors (Lipinski definition) is 4. The number of carbonyl (C=O) groups excluding carboxylic acids is 1. The molecule has 1 fully saturated rings. The average Bonchev–Trinajstić information content (AvgIpc) is 3.25. The molecule has 2 aliphatic heterocycles. The Morgan fingerprint density at radius 3 is 3.04 bits per heavy atom. The van der Waals surface area contributed by atoms with Crippen molar-refractivity contribution in [3.63, 3.8) is 0 Å². The van der Waals surface area contributed by atoms with E-state index in [-0.39, 0.29) is 42.0 Å². The van der Waals surface area contributed by atoms with Gasteiger partial charge in [-0.25, -0.2) is 4.99 Å². The van der Waals surface area contributed by atoms with Crippen molar-refractivity contribution in [3.8, 4) is 0 Å². The highest BCUT2D eigenvalue weighted by Crippen LogP contribution is 2.24.